The lowest BCUT2D eigenvalue weighted by Gasteiger charge is -2.36. The van der Waals surface area contributed by atoms with Crippen LogP contribution < -0.4 is 5.32 Å². The first-order valence-electron chi connectivity index (χ1n) is 8.10. The number of hydrogen-bond donors (Lipinski definition) is 1. The topological polar surface area (TPSA) is 15.3 Å². The molecule has 0 radical (unpaired) electrons. The summed E-state index contributed by atoms with van der Waals surface area (Å²) in [6.07, 6.45) is 2.59. The van der Waals surface area contributed by atoms with Crippen molar-refractivity contribution in [3.05, 3.63) is 34.9 Å². The zero-order valence-corrected chi connectivity index (χ0v) is 16.0. The Labute approximate surface area is 148 Å². The summed E-state index contributed by atoms with van der Waals surface area (Å²) in [6.45, 7) is 13.7. The summed E-state index contributed by atoms with van der Waals surface area (Å²) in [5.74, 6) is 0.784. The maximum Gasteiger partial charge on any atom is 0.0349 e. The van der Waals surface area contributed by atoms with Crippen LogP contribution in [0.2, 0.25) is 0 Å². The molecule has 1 aliphatic heterocycles. The first-order chi connectivity index (χ1) is 9.58. The van der Waals surface area contributed by atoms with Crippen molar-refractivity contribution in [1.82, 2.24) is 10.2 Å². The van der Waals surface area contributed by atoms with Gasteiger partial charge in [-0.05, 0) is 49.3 Å². The molecule has 0 bridgehead atoms. The van der Waals surface area contributed by atoms with Crippen molar-refractivity contribution in [1.29, 1.82) is 0 Å². The molecule has 0 aromatic heterocycles. The van der Waals surface area contributed by atoms with E-state index in [-0.39, 0.29) is 24.8 Å². The van der Waals surface area contributed by atoms with Gasteiger partial charge in [-0.2, -0.15) is 0 Å². The molecular formula is C18H32Cl2N2. The van der Waals surface area contributed by atoms with Crippen LogP contribution in [0.25, 0.3) is 0 Å². The lowest BCUT2D eigenvalue weighted by molar-refractivity contribution is 0.159. The van der Waals surface area contributed by atoms with Gasteiger partial charge in [0.1, 0.15) is 0 Å². The largest absolute Gasteiger partial charge is 0.314 e. The van der Waals surface area contributed by atoms with Crippen LogP contribution in [0.4, 0.5) is 0 Å². The Kier molecular flexibility index (Phi) is 10.4. The predicted molar refractivity (Wildman–Crippen MR) is 102 cm³/mol. The molecule has 1 heterocycles. The number of piperazine rings is 1. The Hall–Kier alpha value is -0.280. The van der Waals surface area contributed by atoms with E-state index in [0.717, 1.165) is 19.0 Å². The number of benzene rings is 1. The zero-order valence-electron chi connectivity index (χ0n) is 14.4. The number of aryl methyl sites for hydroxylation is 2. The average molecular weight is 347 g/mol. The predicted octanol–water partition coefficient (Wildman–Crippen LogP) is 4.53. The molecule has 1 aromatic carbocycles. The van der Waals surface area contributed by atoms with Crippen LogP contribution in [0.5, 0.6) is 0 Å². The molecule has 1 saturated heterocycles. The second-order valence-corrected chi connectivity index (χ2v) is 6.62. The second kappa shape index (κ2) is 10.5. The Bertz CT molecular complexity index is 429. The van der Waals surface area contributed by atoms with Gasteiger partial charge in [0.05, 0.1) is 0 Å². The highest BCUT2D eigenvalue weighted by atomic mass is 35.5. The number of nitrogens with one attached hydrogen (secondary N) is 1. The Morgan fingerprint density at radius 3 is 2.18 bits per heavy atom. The molecule has 0 unspecified atom stereocenters. The summed E-state index contributed by atoms with van der Waals surface area (Å²) < 4.78 is 0. The van der Waals surface area contributed by atoms with Crippen LogP contribution in [-0.2, 0) is 0 Å². The van der Waals surface area contributed by atoms with E-state index < -0.39 is 0 Å². The SMILES string of the molecule is Cc1ccc([C@H](CCC(C)C)N2CCNCC2)cc1C.Cl.Cl. The van der Waals surface area contributed by atoms with E-state index in [1.54, 1.807) is 0 Å². The molecule has 0 saturated carbocycles. The van der Waals surface area contributed by atoms with Gasteiger partial charge in [-0.1, -0.05) is 32.0 Å². The van der Waals surface area contributed by atoms with Gasteiger partial charge in [-0.3, -0.25) is 4.90 Å². The summed E-state index contributed by atoms with van der Waals surface area (Å²) in [4.78, 5) is 2.67. The van der Waals surface area contributed by atoms with Gasteiger partial charge >= 0.3 is 0 Å². The summed E-state index contributed by atoms with van der Waals surface area (Å²) in [7, 11) is 0. The molecule has 4 heteroatoms. The molecule has 0 spiro atoms. The van der Waals surface area contributed by atoms with Gasteiger partial charge in [-0.15, -0.1) is 24.8 Å². The molecule has 1 N–H and O–H groups in total. The van der Waals surface area contributed by atoms with E-state index in [0.29, 0.717) is 6.04 Å². The lowest BCUT2D eigenvalue weighted by Crippen LogP contribution is -2.45. The molecule has 2 rings (SSSR count). The highest BCUT2D eigenvalue weighted by Crippen LogP contribution is 2.29. The van der Waals surface area contributed by atoms with Crippen molar-refractivity contribution in [2.24, 2.45) is 5.92 Å². The van der Waals surface area contributed by atoms with E-state index in [2.05, 4.69) is 56.1 Å². The fraction of sp³-hybridized carbons (Fsp3) is 0.667. The van der Waals surface area contributed by atoms with E-state index in [9.17, 15) is 0 Å². The van der Waals surface area contributed by atoms with Gasteiger partial charge in [0.2, 0.25) is 0 Å². The van der Waals surface area contributed by atoms with Crippen LogP contribution in [0, 0.1) is 19.8 Å². The van der Waals surface area contributed by atoms with E-state index in [4.69, 9.17) is 0 Å². The van der Waals surface area contributed by atoms with E-state index in [1.165, 1.54) is 42.6 Å². The number of nitrogens with zero attached hydrogens (tertiary/aromatic N) is 1. The van der Waals surface area contributed by atoms with Gasteiger partial charge < -0.3 is 5.32 Å². The zero-order chi connectivity index (χ0) is 14.5. The first kappa shape index (κ1) is 21.7. The normalized spacial score (nSPS) is 16.8. The number of halogens is 2. The Morgan fingerprint density at radius 2 is 1.64 bits per heavy atom. The average Bonchev–Trinajstić information content (AvgIpc) is 2.44. The Balaban J connectivity index is 0.00000220. The molecule has 128 valence electrons. The van der Waals surface area contributed by atoms with Crippen LogP contribution >= 0.6 is 24.8 Å². The van der Waals surface area contributed by atoms with Crippen molar-refractivity contribution in [2.45, 2.75) is 46.6 Å². The summed E-state index contributed by atoms with van der Waals surface area (Å²) in [5.41, 5.74) is 4.33. The molecule has 0 amide bonds. The fourth-order valence-electron chi connectivity index (χ4n) is 3.02. The van der Waals surface area contributed by atoms with E-state index in [1.807, 2.05) is 0 Å². The van der Waals surface area contributed by atoms with Crippen molar-refractivity contribution >= 4 is 24.8 Å². The molecule has 1 aliphatic rings. The van der Waals surface area contributed by atoms with Crippen LogP contribution in [-0.4, -0.2) is 31.1 Å². The third-order valence-corrected chi connectivity index (χ3v) is 4.53. The molecule has 1 fully saturated rings. The van der Waals surface area contributed by atoms with Gasteiger partial charge in [0.25, 0.3) is 0 Å². The van der Waals surface area contributed by atoms with Gasteiger partial charge in [0, 0.05) is 32.2 Å². The monoisotopic (exact) mass is 346 g/mol. The summed E-state index contributed by atoms with van der Waals surface area (Å²) in [5, 5.41) is 3.46. The second-order valence-electron chi connectivity index (χ2n) is 6.62. The maximum atomic E-state index is 3.46. The highest BCUT2D eigenvalue weighted by Gasteiger charge is 2.22. The summed E-state index contributed by atoms with van der Waals surface area (Å²) >= 11 is 0. The third-order valence-electron chi connectivity index (χ3n) is 4.53. The van der Waals surface area contributed by atoms with Crippen LogP contribution in [0.1, 0.15) is 49.4 Å². The van der Waals surface area contributed by atoms with Crippen molar-refractivity contribution < 1.29 is 0 Å². The third kappa shape index (κ3) is 6.08. The van der Waals surface area contributed by atoms with Crippen molar-refractivity contribution in [3.8, 4) is 0 Å². The molecule has 1 atom stereocenters. The molecule has 1 aromatic rings. The van der Waals surface area contributed by atoms with Gasteiger partial charge in [-0.25, -0.2) is 0 Å². The smallest absolute Gasteiger partial charge is 0.0349 e. The fourth-order valence-corrected chi connectivity index (χ4v) is 3.02. The number of hydrogen-bond acceptors (Lipinski definition) is 2. The standard InChI is InChI=1S/C18H30N2.2ClH/c1-14(2)5-8-18(20-11-9-19-10-12-20)17-7-6-15(3)16(4)13-17;;/h6-7,13-14,18-19H,5,8-12H2,1-4H3;2*1H/t18-;;/m0../s1. The highest BCUT2D eigenvalue weighted by molar-refractivity contribution is 5.85. The van der Waals surface area contributed by atoms with Crippen molar-refractivity contribution in [3.63, 3.8) is 0 Å². The molecule has 0 aliphatic carbocycles. The number of rotatable bonds is 5. The lowest BCUT2D eigenvalue weighted by atomic mass is 9.93. The minimum atomic E-state index is 0. The van der Waals surface area contributed by atoms with Crippen molar-refractivity contribution in [2.75, 3.05) is 26.2 Å². The van der Waals surface area contributed by atoms with E-state index >= 15 is 0 Å². The van der Waals surface area contributed by atoms with Gasteiger partial charge in [0.15, 0.2) is 0 Å². The quantitative estimate of drug-likeness (QED) is 0.842. The minimum absolute atomic E-state index is 0. The molecular weight excluding hydrogens is 315 g/mol. The first-order valence-corrected chi connectivity index (χ1v) is 8.10. The molecule has 2 nitrogen and oxygen atoms in total. The van der Waals surface area contributed by atoms with Crippen LogP contribution in [0.3, 0.4) is 0 Å². The summed E-state index contributed by atoms with van der Waals surface area (Å²) in [6, 6.07) is 7.63. The molecule has 22 heavy (non-hydrogen) atoms. The van der Waals surface area contributed by atoms with Crippen LogP contribution in [0.15, 0.2) is 18.2 Å². The minimum Gasteiger partial charge on any atom is -0.314 e. The Morgan fingerprint density at radius 1 is 1.00 bits per heavy atom. The maximum absolute atomic E-state index is 3.46.